The third-order valence-corrected chi connectivity index (χ3v) is 3.14. The summed E-state index contributed by atoms with van der Waals surface area (Å²) in [5, 5.41) is 13.6. The summed E-state index contributed by atoms with van der Waals surface area (Å²) in [7, 11) is 0. The van der Waals surface area contributed by atoms with Gasteiger partial charge in [-0.25, -0.2) is 9.67 Å². The minimum Gasteiger partial charge on any atom is -0.352 e. The van der Waals surface area contributed by atoms with Crippen LogP contribution in [0.15, 0.2) is 12.7 Å². The second-order valence-corrected chi connectivity index (χ2v) is 4.37. The number of hydrogen-bond donors (Lipinski definition) is 1. The van der Waals surface area contributed by atoms with Crippen LogP contribution in [0.1, 0.15) is 24.4 Å². The number of amides is 1. The number of carbonyl (C=O) groups excluding carboxylic acids is 1. The molecule has 1 amide bonds. The SMILES string of the molecule is Cc1ncn(CCNC(=O)[C@H](C)n2cnnn2)c1C. The smallest absolute Gasteiger partial charge is 0.244 e. The molecule has 0 saturated heterocycles. The summed E-state index contributed by atoms with van der Waals surface area (Å²) < 4.78 is 3.43. The van der Waals surface area contributed by atoms with Crippen LogP contribution in [0.25, 0.3) is 0 Å². The van der Waals surface area contributed by atoms with Crippen molar-refractivity contribution in [2.45, 2.75) is 33.4 Å². The van der Waals surface area contributed by atoms with Crippen molar-refractivity contribution in [3.05, 3.63) is 24.0 Å². The fourth-order valence-corrected chi connectivity index (χ4v) is 1.68. The van der Waals surface area contributed by atoms with Gasteiger partial charge in [-0.15, -0.1) is 5.10 Å². The second-order valence-electron chi connectivity index (χ2n) is 4.37. The van der Waals surface area contributed by atoms with Crippen LogP contribution in [-0.4, -0.2) is 42.2 Å². The first-order valence-electron chi connectivity index (χ1n) is 6.08. The van der Waals surface area contributed by atoms with E-state index in [2.05, 4.69) is 25.8 Å². The fourth-order valence-electron chi connectivity index (χ4n) is 1.68. The molecule has 2 heterocycles. The third-order valence-electron chi connectivity index (χ3n) is 3.14. The molecule has 0 aromatic carbocycles. The Labute approximate surface area is 110 Å². The standard InChI is InChI=1S/C11H17N7O/c1-8-9(2)17(6-13-8)5-4-12-11(19)10(3)18-7-14-15-16-18/h6-7,10H,4-5H2,1-3H3,(H,12,19)/t10-/m0/s1. The number of rotatable bonds is 5. The Morgan fingerprint density at radius 1 is 1.42 bits per heavy atom. The average molecular weight is 263 g/mol. The largest absolute Gasteiger partial charge is 0.352 e. The lowest BCUT2D eigenvalue weighted by Crippen LogP contribution is -2.33. The van der Waals surface area contributed by atoms with Crippen LogP contribution in [0.3, 0.4) is 0 Å². The Hall–Kier alpha value is -2.25. The molecule has 0 radical (unpaired) electrons. The Morgan fingerprint density at radius 3 is 2.79 bits per heavy atom. The van der Waals surface area contributed by atoms with Gasteiger partial charge in [-0.2, -0.15) is 0 Å². The van der Waals surface area contributed by atoms with Crippen LogP contribution >= 0.6 is 0 Å². The average Bonchev–Trinajstić information content (AvgIpc) is 3.03. The second kappa shape index (κ2) is 5.59. The predicted molar refractivity (Wildman–Crippen MR) is 67.2 cm³/mol. The molecule has 0 spiro atoms. The van der Waals surface area contributed by atoms with Gasteiger partial charge in [0.1, 0.15) is 12.4 Å². The van der Waals surface area contributed by atoms with Gasteiger partial charge in [-0.05, 0) is 31.2 Å². The Balaban J connectivity index is 1.83. The van der Waals surface area contributed by atoms with Crippen LogP contribution in [0.4, 0.5) is 0 Å². The molecule has 0 unspecified atom stereocenters. The normalized spacial score (nSPS) is 12.4. The summed E-state index contributed by atoms with van der Waals surface area (Å²) in [4.78, 5) is 16.1. The van der Waals surface area contributed by atoms with E-state index in [0.29, 0.717) is 13.1 Å². The van der Waals surface area contributed by atoms with E-state index in [9.17, 15) is 4.79 Å². The molecule has 0 aliphatic carbocycles. The van der Waals surface area contributed by atoms with Gasteiger partial charge in [0, 0.05) is 18.8 Å². The van der Waals surface area contributed by atoms with Crippen LogP contribution in [0.2, 0.25) is 0 Å². The van der Waals surface area contributed by atoms with Gasteiger partial charge in [-0.3, -0.25) is 4.79 Å². The van der Waals surface area contributed by atoms with Crippen molar-refractivity contribution in [2.24, 2.45) is 0 Å². The van der Waals surface area contributed by atoms with Gasteiger partial charge in [-0.1, -0.05) is 0 Å². The molecule has 1 N–H and O–H groups in total. The molecule has 2 aromatic rings. The molecule has 1 atom stereocenters. The summed E-state index contributed by atoms with van der Waals surface area (Å²) in [6.45, 7) is 6.96. The highest BCUT2D eigenvalue weighted by atomic mass is 16.2. The Bertz CT molecular complexity index is 545. The zero-order chi connectivity index (χ0) is 13.8. The quantitative estimate of drug-likeness (QED) is 0.811. The molecule has 8 nitrogen and oxygen atoms in total. The monoisotopic (exact) mass is 263 g/mol. The molecular weight excluding hydrogens is 246 g/mol. The van der Waals surface area contributed by atoms with Crippen molar-refractivity contribution < 1.29 is 4.79 Å². The highest BCUT2D eigenvalue weighted by Gasteiger charge is 2.15. The lowest BCUT2D eigenvalue weighted by atomic mass is 10.3. The number of nitrogens with one attached hydrogen (secondary N) is 1. The number of aromatic nitrogens is 6. The summed E-state index contributed by atoms with van der Waals surface area (Å²) >= 11 is 0. The minimum absolute atomic E-state index is 0.109. The molecule has 102 valence electrons. The van der Waals surface area contributed by atoms with Crippen molar-refractivity contribution in [1.29, 1.82) is 0 Å². The molecule has 0 saturated carbocycles. The van der Waals surface area contributed by atoms with E-state index in [1.165, 1.54) is 11.0 Å². The van der Waals surface area contributed by atoms with E-state index in [0.717, 1.165) is 11.4 Å². The van der Waals surface area contributed by atoms with Crippen molar-refractivity contribution >= 4 is 5.91 Å². The molecule has 19 heavy (non-hydrogen) atoms. The highest BCUT2D eigenvalue weighted by Crippen LogP contribution is 2.04. The predicted octanol–water partition coefficient (Wildman–Crippen LogP) is -0.136. The zero-order valence-corrected chi connectivity index (χ0v) is 11.2. The summed E-state index contributed by atoms with van der Waals surface area (Å²) in [6.07, 6.45) is 3.20. The van der Waals surface area contributed by atoms with E-state index >= 15 is 0 Å². The summed E-state index contributed by atoms with van der Waals surface area (Å²) in [5.74, 6) is -0.109. The maximum absolute atomic E-state index is 11.9. The molecule has 0 fully saturated rings. The van der Waals surface area contributed by atoms with E-state index in [4.69, 9.17) is 0 Å². The lowest BCUT2D eigenvalue weighted by Gasteiger charge is -2.12. The minimum atomic E-state index is -0.416. The third kappa shape index (κ3) is 2.95. The maximum atomic E-state index is 11.9. The number of nitrogens with zero attached hydrogens (tertiary/aromatic N) is 6. The lowest BCUT2D eigenvalue weighted by molar-refractivity contribution is -0.124. The van der Waals surface area contributed by atoms with Crippen LogP contribution in [0, 0.1) is 13.8 Å². The molecule has 2 aromatic heterocycles. The number of imidazole rings is 1. The molecule has 0 aliphatic heterocycles. The van der Waals surface area contributed by atoms with Gasteiger partial charge in [0.2, 0.25) is 5.91 Å². The number of tetrazole rings is 1. The van der Waals surface area contributed by atoms with Gasteiger partial charge >= 0.3 is 0 Å². The summed E-state index contributed by atoms with van der Waals surface area (Å²) in [5.41, 5.74) is 2.12. The molecule has 8 heteroatoms. The first-order chi connectivity index (χ1) is 9.09. The molecule has 2 rings (SSSR count). The first-order valence-corrected chi connectivity index (χ1v) is 6.08. The molecular formula is C11H17N7O. The molecule has 0 aliphatic rings. The number of hydrogen-bond acceptors (Lipinski definition) is 5. The van der Waals surface area contributed by atoms with E-state index in [1.54, 1.807) is 13.3 Å². The van der Waals surface area contributed by atoms with Crippen molar-refractivity contribution in [3.63, 3.8) is 0 Å². The molecule has 0 bridgehead atoms. The van der Waals surface area contributed by atoms with Gasteiger partial charge in [0.15, 0.2) is 0 Å². The van der Waals surface area contributed by atoms with Crippen LogP contribution in [0.5, 0.6) is 0 Å². The Kier molecular flexibility index (Phi) is 3.88. The summed E-state index contributed by atoms with van der Waals surface area (Å²) in [6, 6.07) is -0.416. The number of carbonyl (C=O) groups is 1. The van der Waals surface area contributed by atoms with E-state index in [1.807, 2.05) is 18.4 Å². The van der Waals surface area contributed by atoms with Gasteiger partial charge in [0.25, 0.3) is 0 Å². The van der Waals surface area contributed by atoms with Crippen LogP contribution in [-0.2, 0) is 11.3 Å². The van der Waals surface area contributed by atoms with Gasteiger partial charge in [0.05, 0.1) is 12.0 Å². The zero-order valence-electron chi connectivity index (χ0n) is 11.2. The first kappa shape index (κ1) is 13.2. The Morgan fingerprint density at radius 2 is 2.21 bits per heavy atom. The van der Waals surface area contributed by atoms with E-state index < -0.39 is 6.04 Å². The van der Waals surface area contributed by atoms with E-state index in [-0.39, 0.29) is 5.91 Å². The van der Waals surface area contributed by atoms with Crippen LogP contribution < -0.4 is 5.32 Å². The topological polar surface area (TPSA) is 90.5 Å². The van der Waals surface area contributed by atoms with Gasteiger partial charge < -0.3 is 9.88 Å². The van der Waals surface area contributed by atoms with Crippen molar-refractivity contribution in [3.8, 4) is 0 Å². The number of aryl methyl sites for hydroxylation is 1. The van der Waals surface area contributed by atoms with Crippen molar-refractivity contribution in [2.75, 3.05) is 6.54 Å². The van der Waals surface area contributed by atoms with Crippen molar-refractivity contribution in [1.82, 2.24) is 35.1 Å². The maximum Gasteiger partial charge on any atom is 0.244 e. The highest BCUT2D eigenvalue weighted by molar-refractivity contribution is 5.79. The fraction of sp³-hybridized carbons (Fsp3) is 0.545.